The molecule has 3 rings (SSSR count). The second-order valence-electron chi connectivity index (χ2n) is 6.35. The molecule has 1 aromatic rings. The van der Waals surface area contributed by atoms with Crippen molar-refractivity contribution in [3.8, 4) is 0 Å². The summed E-state index contributed by atoms with van der Waals surface area (Å²) in [6, 6.07) is -0.266. The molecule has 1 unspecified atom stereocenters. The average molecular weight is 352 g/mol. The average Bonchev–Trinajstić information content (AvgIpc) is 3.26. The predicted molar refractivity (Wildman–Crippen MR) is 90.4 cm³/mol. The van der Waals surface area contributed by atoms with Crippen LogP contribution in [-0.4, -0.2) is 63.2 Å². The van der Waals surface area contributed by atoms with Crippen LogP contribution in [0.5, 0.6) is 0 Å². The van der Waals surface area contributed by atoms with Crippen LogP contribution in [-0.2, 0) is 15.3 Å². The van der Waals surface area contributed by atoms with E-state index in [2.05, 4.69) is 10.1 Å². The Kier molecular flexibility index (Phi) is 5.76. The SMILES string of the molecule is Cc1nc(CSCC(=O)N2CCCCC2C(=O)N2CCCC2)no1. The van der Waals surface area contributed by atoms with Crippen molar-refractivity contribution in [1.29, 1.82) is 0 Å². The van der Waals surface area contributed by atoms with Crippen LogP contribution >= 0.6 is 11.8 Å². The van der Waals surface area contributed by atoms with Crippen molar-refractivity contribution in [2.45, 2.75) is 50.8 Å². The summed E-state index contributed by atoms with van der Waals surface area (Å²) in [6.45, 7) is 4.10. The van der Waals surface area contributed by atoms with Gasteiger partial charge in [-0.3, -0.25) is 9.59 Å². The van der Waals surface area contributed by atoms with Crippen molar-refractivity contribution < 1.29 is 14.1 Å². The number of hydrogen-bond acceptors (Lipinski definition) is 6. The first kappa shape index (κ1) is 17.3. The van der Waals surface area contributed by atoms with Gasteiger partial charge in [-0.1, -0.05) is 5.16 Å². The van der Waals surface area contributed by atoms with Crippen molar-refractivity contribution in [3.05, 3.63) is 11.7 Å². The van der Waals surface area contributed by atoms with Crippen molar-refractivity contribution in [2.75, 3.05) is 25.4 Å². The lowest BCUT2D eigenvalue weighted by molar-refractivity contribution is -0.145. The van der Waals surface area contributed by atoms with E-state index in [0.717, 1.165) is 45.2 Å². The molecule has 132 valence electrons. The highest BCUT2D eigenvalue weighted by molar-refractivity contribution is 7.99. The Balaban J connectivity index is 1.53. The van der Waals surface area contributed by atoms with Gasteiger partial charge >= 0.3 is 0 Å². The van der Waals surface area contributed by atoms with Crippen molar-refractivity contribution in [2.24, 2.45) is 0 Å². The number of likely N-dealkylation sites (tertiary alicyclic amines) is 2. The summed E-state index contributed by atoms with van der Waals surface area (Å²) in [5.74, 6) is 2.20. The Bertz CT molecular complexity index is 586. The summed E-state index contributed by atoms with van der Waals surface area (Å²) in [6.07, 6.45) is 4.93. The van der Waals surface area contributed by atoms with E-state index in [9.17, 15) is 9.59 Å². The molecule has 2 aliphatic rings. The number of hydrogen-bond donors (Lipinski definition) is 0. The third-order valence-electron chi connectivity index (χ3n) is 4.55. The number of carbonyl (C=O) groups excluding carboxylic acids is 2. The molecule has 0 saturated carbocycles. The maximum Gasteiger partial charge on any atom is 0.245 e. The van der Waals surface area contributed by atoms with Gasteiger partial charge in [-0.05, 0) is 32.1 Å². The van der Waals surface area contributed by atoms with Gasteiger partial charge in [0, 0.05) is 26.6 Å². The first-order chi connectivity index (χ1) is 11.6. The number of aryl methyl sites for hydroxylation is 1. The summed E-state index contributed by atoms with van der Waals surface area (Å²) in [5, 5.41) is 3.83. The Labute approximate surface area is 146 Å². The van der Waals surface area contributed by atoms with Gasteiger partial charge in [0.2, 0.25) is 17.7 Å². The predicted octanol–water partition coefficient (Wildman–Crippen LogP) is 1.61. The van der Waals surface area contributed by atoms with E-state index in [1.54, 1.807) is 11.8 Å². The highest BCUT2D eigenvalue weighted by atomic mass is 32.2. The van der Waals surface area contributed by atoms with Crippen LogP contribution in [0.4, 0.5) is 0 Å². The lowest BCUT2D eigenvalue weighted by Crippen LogP contribution is -2.53. The molecule has 0 radical (unpaired) electrons. The van der Waals surface area contributed by atoms with Crippen LogP contribution in [0.15, 0.2) is 4.52 Å². The van der Waals surface area contributed by atoms with E-state index in [0.29, 0.717) is 29.8 Å². The Hall–Kier alpha value is -1.57. The minimum Gasteiger partial charge on any atom is -0.341 e. The molecule has 24 heavy (non-hydrogen) atoms. The van der Waals surface area contributed by atoms with Crippen LogP contribution in [0, 0.1) is 6.92 Å². The smallest absolute Gasteiger partial charge is 0.245 e. The molecular weight excluding hydrogens is 328 g/mol. The molecule has 0 spiro atoms. The zero-order chi connectivity index (χ0) is 16.9. The number of amides is 2. The fourth-order valence-corrected chi connectivity index (χ4v) is 4.09. The minimum absolute atomic E-state index is 0.0393. The van der Waals surface area contributed by atoms with Gasteiger partial charge in [-0.25, -0.2) is 0 Å². The van der Waals surface area contributed by atoms with Gasteiger partial charge < -0.3 is 14.3 Å². The molecule has 0 aromatic carbocycles. The van der Waals surface area contributed by atoms with E-state index in [1.165, 1.54) is 11.8 Å². The highest BCUT2D eigenvalue weighted by Crippen LogP contribution is 2.22. The quantitative estimate of drug-likeness (QED) is 0.801. The second-order valence-corrected chi connectivity index (χ2v) is 7.34. The molecule has 7 nitrogen and oxygen atoms in total. The van der Waals surface area contributed by atoms with Gasteiger partial charge in [0.05, 0.1) is 11.5 Å². The Morgan fingerprint density at radius 3 is 2.67 bits per heavy atom. The van der Waals surface area contributed by atoms with Gasteiger partial charge in [0.25, 0.3) is 0 Å². The monoisotopic (exact) mass is 352 g/mol. The molecule has 0 N–H and O–H groups in total. The van der Waals surface area contributed by atoms with Gasteiger partial charge in [0.1, 0.15) is 6.04 Å². The zero-order valence-corrected chi connectivity index (χ0v) is 14.9. The van der Waals surface area contributed by atoms with Gasteiger partial charge in [-0.15, -0.1) is 11.8 Å². The Morgan fingerprint density at radius 2 is 1.96 bits per heavy atom. The largest absolute Gasteiger partial charge is 0.341 e. The summed E-state index contributed by atoms with van der Waals surface area (Å²) >= 11 is 1.47. The summed E-state index contributed by atoms with van der Waals surface area (Å²) in [7, 11) is 0. The van der Waals surface area contributed by atoms with Gasteiger partial charge in [0.15, 0.2) is 5.82 Å². The standard InChI is InChI=1S/C16H24N4O3S/c1-12-17-14(18-23-12)10-24-11-15(21)20-9-3-2-6-13(20)16(22)19-7-4-5-8-19/h13H,2-11H2,1H3. The van der Waals surface area contributed by atoms with E-state index < -0.39 is 0 Å². The summed E-state index contributed by atoms with van der Waals surface area (Å²) < 4.78 is 4.92. The molecule has 1 atom stereocenters. The number of aromatic nitrogens is 2. The van der Waals surface area contributed by atoms with Crippen LogP contribution in [0.25, 0.3) is 0 Å². The molecule has 2 fully saturated rings. The first-order valence-corrected chi connectivity index (χ1v) is 9.76. The number of rotatable bonds is 5. The fraction of sp³-hybridized carbons (Fsp3) is 0.750. The molecule has 2 amide bonds. The van der Waals surface area contributed by atoms with Crippen molar-refractivity contribution in [1.82, 2.24) is 19.9 Å². The van der Waals surface area contributed by atoms with Crippen molar-refractivity contribution >= 4 is 23.6 Å². The third kappa shape index (κ3) is 4.09. The number of carbonyl (C=O) groups is 2. The molecular formula is C16H24N4O3S. The van der Waals surface area contributed by atoms with E-state index in [1.807, 2.05) is 4.90 Å². The molecule has 0 bridgehead atoms. The maximum absolute atomic E-state index is 12.7. The van der Waals surface area contributed by atoms with E-state index in [4.69, 9.17) is 4.52 Å². The fourth-order valence-electron chi connectivity index (χ4n) is 3.35. The zero-order valence-electron chi connectivity index (χ0n) is 14.1. The second kappa shape index (κ2) is 8.00. The normalized spacial score (nSPS) is 21.3. The first-order valence-electron chi connectivity index (χ1n) is 8.60. The highest BCUT2D eigenvalue weighted by Gasteiger charge is 2.35. The Morgan fingerprint density at radius 1 is 1.21 bits per heavy atom. The number of piperidine rings is 1. The van der Waals surface area contributed by atoms with E-state index >= 15 is 0 Å². The van der Waals surface area contributed by atoms with Crippen LogP contribution < -0.4 is 0 Å². The minimum atomic E-state index is -0.266. The maximum atomic E-state index is 12.7. The molecule has 0 aliphatic carbocycles. The number of thioether (sulfide) groups is 1. The summed E-state index contributed by atoms with van der Waals surface area (Å²) in [4.78, 5) is 33.1. The molecule has 2 saturated heterocycles. The summed E-state index contributed by atoms with van der Waals surface area (Å²) in [5.41, 5.74) is 0. The van der Waals surface area contributed by atoms with Gasteiger partial charge in [-0.2, -0.15) is 4.98 Å². The lowest BCUT2D eigenvalue weighted by atomic mass is 10.0. The molecule has 8 heteroatoms. The molecule has 2 aliphatic heterocycles. The van der Waals surface area contributed by atoms with Crippen molar-refractivity contribution in [3.63, 3.8) is 0 Å². The van der Waals surface area contributed by atoms with Crippen LogP contribution in [0.2, 0.25) is 0 Å². The molecule has 1 aromatic heterocycles. The molecule has 3 heterocycles. The van der Waals surface area contributed by atoms with Crippen LogP contribution in [0.1, 0.15) is 43.8 Å². The lowest BCUT2D eigenvalue weighted by Gasteiger charge is -2.36. The number of nitrogens with zero attached hydrogens (tertiary/aromatic N) is 4. The van der Waals surface area contributed by atoms with E-state index in [-0.39, 0.29) is 17.9 Å². The van der Waals surface area contributed by atoms with Crippen LogP contribution in [0.3, 0.4) is 0 Å². The third-order valence-corrected chi connectivity index (χ3v) is 5.47. The topological polar surface area (TPSA) is 79.5 Å².